The number of imidazole rings is 1. The van der Waals surface area contributed by atoms with E-state index in [4.69, 9.17) is 4.74 Å². The third kappa shape index (κ3) is 3.15. The predicted molar refractivity (Wildman–Crippen MR) is 76.2 cm³/mol. The summed E-state index contributed by atoms with van der Waals surface area (Å²) in [6.07, 6.45) is 3.61. The molecule has 0 aliphatic heterocycles. The second kappa shape index (κ2) is 5.89. The lowest BCUT2D eigenvalue weighted by Crippen LogP contribution is -2.14. The van der Waals surface area contributed by atoms with Crippen LogP contribution in [0.1, 0.15) is 29.8 Å². The fraction of sp³-hybridized carbons (Fsp3) is 0.400. The molecule has 2 rings (SSSR count). The second-order valence-electron chi connectivity index (χ2n) is 4.84. The van der Waals surface area contributed by atoms with E-state index in [1.165, 1.54) is 11.1 Å². The maximum Gasteiger partial charge on any atom is 0.130 e. The highest BCUT2D eigenvalue weighted by atomic mass is 16.5. The maximum atomic E-state index is 5.94. The van der Waals surface area contributed by atoms with Crippen molar-refractivity contribution in [2.45, 2.75) is 26.5 Å². The summed E-state index contributed by atoms with van der Waals surface area (Å²) in [6, 6.07) is 6.54. The van der Waals surface area contributed by atoms with Gasteiger partial charge in [-0.15, -0.1) is 0 Å². The van der Waals surface area contributed by atoms with E-state index in [1.807, 2.05) is 30.9 Å². The molecule has 0 amide bonds. The molecule has 1 N–H and O–H groups in total. The highest BCUT2D eigenvalue weighted by molar-refractivity contribution is 5.39. The number of rotatable bonds is 5. The van der Waals surface area contributed by atoms with Crippen LogP contribution < -0.4 is 10.1 Å². The number of nitrogens with zero attached hydrogens (tertiary/aromatic N) is 2. The predicted octanol–water partition coefficient (Wildman–Crippen LogP) is 2.59. The van der Waals surface area contributed by atoms with Crippen LogP contribution in [0.3, 0.4) is 0 Å². The van der Waals surface area contributed by atoms with Crippen molar-refractivity contribution < 1.29 is 4.74 Å². The molecule has 4 nitrogen and oxygen atoms in total. The van der Waals surface area contributed by atoms with Gasteiger partial charge >= 0.3 is 0 Å². The van der Waals surface area contributed by atoms with Crippen LogP contribution in [0.15, 0.2) is 30.7 Å². The Morgan fingerprint density at radius 2 is 2.21 bits per heavy atom. The van der Waals surface area contributed by atoms with Crippen molar-refractivity contribution in [3.05, 3.63) is 47.5 Å². The van der Waals surface area contributed by atoms with Gasteiger partial charge in [-0.3, -0.25) is 0 Å². The van der Waals surface area contributed by atoms with Crippen molar-refractivity contribution >= 4 is 0 Å². The van der Waals surface area contributed by atoms with Crippen molar-refractivity contribution in [3.8, 4) is 5.75 Å². The Hall–Kier alpha value is -1.81. The monoisotopic (exact) mass is 259 g/mol. The molecule has 1 unspecified atom stereocenters. The molecule has 4 heteroatoms. The molecule has 0 fully saturated rings. The molecule has 1 aromatic heterocycles. The van der Waals surface area contributed by atoms with Gasteiger partial charge in [0.25, 0.3) is 0 Å². The minimum atomic E-state index is 0.265. The van der Waals surface area contributed by atoms with E-state index in [-0.39, 0.29) is 6.04 Å². The van der Waals surface area contributed by atoms with Gasteiger partial charge in [0.2, 0.25) is 0 Å². The first kappa shape index (κ1) is 13.6. The van der Waals surface area contributed by atoms with Gasteiger partial charge in [-0.05, 0) is 27.0 Å². The smallest absolute Gasteiger partial charge is 0.130 e. The van der Waals surface area contributed by atoms with Crippen LogP contribution in [0.2, 0.25) is 0 Å². The number of benzene rings is 1. The molecule has 1 aromatic carbocycles. The van der Waals surface area contributed by atoms with Gasteiger partial charge < -0.3 is 14.6 Å². The Kier molecular flexibility index (Phi) is 4.22. The molecular formula is C15H21N3O. The lowest BCUT2D eigenvalue weighted by Gasteiger charge is -2.17. The van der Waals surface area contributed by atoms with Crippen LogP contribution in [0, 0.1) is 6.92 Å². The third-order valence-corrected chi connectivity index (χ3v) is 3.36. The van der Waals surface area contributed by atoms with Crippen LogP contribution in [-0.2, 0) is 13.7 Å². The van der Waals surface area contributed by atoms with Gasteiger partial charge in [-0.25, -0.2) is 4.98 Å². The number of nitrogens with one attached hydrogen (secondary N) is 1. The minimum absolute atomic E-state index is 0.265. The van der Waals surface area contributed by atoms with Gasteiger partial charge in [0.15, 0.2) is 0 Å². The van der Waals surface area contributed by atoms with Gasteiger partial charge in [-0.1, -0.05) is 17.7 Å². The summed E-state index contributed by atoms with van der Waals surface area (Å²) >= 11 is 0. The van der Waals surface area contributed by atoms with Crippen molar-refractivity contribution in [1.29, 1.82) is 0 Å². The maximum absolute atomic E-state index is 5.94. The van der Waals surface area contributed by atoms with E-state index in [1.54, 1.807) is 6.33 Å². The molecule has 0 saturated heterocycles. The number of aryl methyl sites for hydroxylation is 2. The molecule has 0 spiro atoms. The largest absolute Gasteiger partial charge is 0.487 e. The van der Waals surface area contributed by atoms with Gasteiger partial charge in [0.1, 0.15) is 12.4 Å². The van der Waals surface area contributed by atoms with Crippen LogP contribution in [0.4, 0.5) is 0 Å². The van der Waals surface area contributed by atoms with Crippen LogP contribution in [0.5, 0.6) is 5.75 Å². The van der Waals surface area contributed by atoms with Crippen LogP contribution in [-0.4, -0.2) is 16.6 Å². The number of hydrogen-bond donors (Lipinski definition) is 1. The average molecular weight is 259 g/mol. The molecule has 102 valence electrons. The van der Waals surface area contributed by atoms with E-state index >= 15 is 0 Å². The molecule has 0 saturated carbocycles. The zero-order chi connectivity index (χ0) is 13.8. The van der Waals surface area contributed by atoms with Crippen LogP contribution >= 0.6 is 0 Å². The van der Waals surface area contributed by atoms with E-state index in [0.717, 1.165) is 11.4 Å². The van der Waals surface area contributed by atoms with Crippen molar-refractivity contribution in [1.82, 2.24) is 14.9 Å². The Morgan fingerprint density at radius 3 is 2.84 bits per heavy atom. The van der Waals surface area contributed by atoms with Crippen molar-refractivity contribution in [3.63, 3.8) is 0 Å². The number of ether oxygens (including phenoxy) is 1. The minimum Gasteiger partial charge on any atom is -0.487 e. The fourth-order valence-corrected chi connectivity index (χ4v) is 1.97. The van der Waals surface area contributed by atoms with E-state index in [9.17, 15) is 0 Å². The Bertz CT molecular complexity index is 548. The Labute approximate surface area is 114 Å². The first-order valence-corrected chi connectivity index (χ1v) is 6.47. The van der Waals surface area contributed by atoms with Crippen molar-refractivity contribution in [2.24, 2.45) is 7.05 Å². The van der Waals surface area contributed by atoms with Crippen LogP contribution in [0.25, 0.3) is 0 Å². The zero-order valence-corrected chi connectivity index (χ0v) is 12.0. The molecule has 0 radical (unpaired) electrons. The standard InChI is InChI=1S/C15H21N3O/c1-11-5-6-15(14(7-11)12(2)16-3)19-9-13-8-17-10-18(13)4/h5-8,10,12,16H,9H2,1-4H3. The lowest BCUT2D eigenvalue weighted by molar-refractivity contribution is 0.291. The topological polar surface area (TPSA) is 39.1 Å². The Morgan fingerprint density at radius 1 is 1.42 bits per heavy atom. The lowest BCUT2D eigenvalue weighted by atomic mass is 10.0. The van der Waals surface area contributed by atoms with Gasteiger partial charge in [0, 0.05) is 18.7 Å². The second-order valence-corrected chi connectivity index (χ2v) is 4.84. The molecule has 19 heavy (non-hydrogen) atoms. The first-order valence-electron chi connectivity index (χ1n) is 6.47. The average Bonchev–Trinajstić information content (AvgIpc) is 2.82. The van der Waals surface area contributed by atoms with E-state index < -0.39 is 0 Å². The Balaban J connectivity index is 2.18. The third-order valence-electron chi connectivity index (χ3n) is 3.36. The van der Waals surface area contributed by atoms with E-state index in [2.05, 4.69) is 36.3 Å². The SMILES string of the molecule is CNC(C)c1cc(C)ccc1OCc1cncn1C. The summed E-state index contributed by atoms with van der Waals surface area (Å²) in [7, 11) is 3.93. The number of hydrogen-bond acceptors (Lipinski definition) is 3. The summed E-state index contributed by atoms with van der Waals surface area (Å²) < 4.78 is 7.91. The molecule has 0 aliphatic carbocycles. The normalized spacial score (nSPS) is 12.4. The summed E-state index contributed by atoms with van der Waals surface area (Å²) in [5.41, 5.74) is 3.48. The van der Waals surface area contributed by atoms with Gasteiger partial charge in [-0.2, -0.15) is 0 Å². The first-order chi connectivity index (χ1) is 9.11. The number of aromatic nitrogens is 2. The molecule has 0 bridgehead atoms. The summed E-state index contributed by atoms with van der Waals surface area (Å²) in [4.78, 5) is 4.09. The summed E-state index contributed by atoms with van der Waals surface area (Å²) in [5, 5.41) is 3.26. The van der Waals surface area contributed by atoms with Crippen molar-refractivity contribution in [2.75, 3.05) is 7.05 Å². The summed E-state index contributed by atoms with van der Waals surface area (Å²) in [6.45, 7) is 4.76. The quantitative estimate of drug-likeness (QED) is 0.897. The fourth-order valence-electron chi connectivity index (χ4n) is 1.97. The zero-order valence-electron chi connectivity index (χ0n) is 12.0. The molecule has 1 atom stereocenters. The van der Waals surface area contributed by atoms with Gasteiger partial charge in [0.05, 0.1) is 18.2 Å². The molecule has 2 aromatic rings. The van der Waals surface area contributed by atoms with E-state index in [0.29, 0.717) is 6.61 Å². The molecular weight excluding hydrogens is 238 g/mol. The summed E-state index contributed by atoms with van der Waals surface area (Å²) in [5.74, 6) is 0.925. The highest BCUT2D eigenvalue weighted by Gasteiger charge is 2.11. The molecule has 0 aliphatic rings. The molecule has 1 heterocycles. The highest BCUT2D eigenvalue weighted by Crippen LogP contribution is 2.26.